The highest BCUT2D eigenvalue weighted by molar-refractivity contribution is 6.21. The van der Waals surface area contributed by atoms with Crippen molar-refractivity contribution in [2.75, 3.05) is 13.2 Å². The van der Waals surface area contributed by atoms with E-state index < -0.39 is 29.2 Å². The molecule has 1 heterocycles. The minimum atomic E-state index is -1.72. The van der Waals surface area contributed by atoms with Crippen LogP contribution >= 0.6 is 0 Å². The zero-order valence-corrected chi connectivity index (χ0v) is 16.3. The van der Waals surface area contributed by atoms with E-state index in [2.05, 4.69) is 17.4 Å². The molecule has 8 nitrogen and oxygen atoms in total. The molecular weight excluding hydrogens is 376 g/mol. The van der Waals surface area contributed by atoms with E-state index in [0.717, 1.165) is 0 Å². The van der Waals surface area contributed by atoms with Crippen molar-refractivity contribution < 1.29 is 28.7 Å². The predicted molar refractivity (Wildman–Crippen MR) is 104 cm³/mol. The molecular formula is C21H22N2O6. The SMILES string of the molecule is C=C=CCC(C/C=N/N1C(=O)c2ccccc2C1=O)(C(=O)OCC)C(=O)OCC. The smallest absolute Gasteiger partial charge is 0.324 e. The molecule has 2 rings (SSSR count). The number of allylic oxidation sites excluding steroid dienone is 1. The number of nitrogens with zero attached hydrogens (tertiary/aromatic N) is 2. The molecule has 0 aliphatic carbocycles. The number of esters is 2. The Morgan fingerprint density at radius 2 is 1.59 bits per heavy atom. The third-order valence-electron chi connectivity index (χ3n) is 4.34. The molecule has 0 saturated carbocycles. The minimum absolute atomic E-state index is 0.0628. The molecule has 0 atom stereocenters. The molecule has 1 aliphatic rings. The van der Waals surface area contributed by atoms with Crippen molar-refractivity contribution in [1.29, 1.82) is 0 Å². The van der Waals surface area contributed by atoms with Crippen LogP contribution in [0.2, 0.25) is 0 Å². The Kier molecular flexibility index (Phi) is 7.22. The van der Waals surface area contributed by atoms with Crippen molar-refractivity contribution in [3.05, 3.63) is 53.8 Å². The first-order chi connectivity index (χ1) is 13.9. The highest BCUT2D eigenvalue weighted by Crippen LogP contribution is 2.31. The van der Waals surface area contributed by atoms with Gasteiger partial charge in [0.25, 0.3) is 11.8 Å². The van der Waals surface area contributed by atoms with Crippen LogP contribution in [0, 0.1) is 5.41 Å². The summed E-state index contributed by atoms with van der Waals surface area (Å²) < 4.78 is 10.1. The molecule has 8 heteroatoms. The Morgan fingerprint density at radius 3 is 2.03 bits per heavy atom. The molecule has 0 saturated heterocycles. The van der Waals surface area contributed by atoms with Gasteiger partial charge in [-0.25, -0.2) is 0 Å². The van der Waals surface area contributed by atoms with Crippen molar-refractivity contribution in [2.45, 2.75) is 26.7 Å². The summed E-state index contributed by atoms with van der Waals surface area (Å²) in [6, 6.07) is 6.35. The molecule has 1 aliphatic heterocycles. The predicted octanol–water partition coefficient (Wildman–Crippen LogP) is 2.50. The summed E-state index contributed by atoms with van der Waals surface area (Å²) in [5.74, 6) is -2.74. The first-order valence-electron chi connectivity index (χ1n) is 9.11. The summed E-state index contributed by atoms with van der Waals surface area (Å²) in [5.41, 5.74) is 1.28. The van der Waals surface area contributed by atoms with Gasteiger partial charge in [0.1, 0.15) is 0 Å². The van der Waals surface area contributed by atoms with Gasteiger partial charge in [-0.2, -0.15) is 10.1 Å². The zero-order chi connectivity index (χ0) is 21.4. The van der Waals surface area contributed by atoms with Crippen LogP contribution in [0.3, 0.4) is 0 Å². The van der Waals surface area contributed by atoms with Gasteiger partial charge in [0.05, 0.1) is 24.3 Å². The van der Waals surface area contributed by atoms with E-state index in [4.69, 9.17) is 9.47 Å². The Labute approximate surface area is 168 Å². The molecule has 1 aromatic carbocycles. The highest BCUT2D eigenvalue weighted by atomic mass is 16.6. The van der Waals surface area contributed by atoms with E-state index in [9.17, 15) is 19.2 Å². The maximum Gasteiger partial charge on any atom is 0.324 e. The Balaban J connectivity index is 2.32. The average Bonchev–Trinajstić information content (AvgIpc) is 2.96. The maximum absolute atomic E-state index is 12.6. The Bertz CT molecular complexity index is 845. The van der Waals surface area contributed by atoms with Gasteiger partial charge >= 0.3 is 11.9 Å². The largest absolute Gasteiger partial charge is 0.465 e. The van der Waals surface area contributed by atoms with Crippen molar-refractivity contribution in [2.24, 2.45) is 10.5 Å². The fraction of sp³-hybridized carbons (Fsp3) is 0.333. The number of carbonyl (C=O) groups excluding carboxylic acids is 4. The van der Waals surface area contributed by atoms with Crippen molar-refractivity contribution in [3.63, 3.8) is 0 Å². The standard InChI is InChI=1S/C21H22N2O6/c1-4-7-12-21(19(26)28-5-2,20(27)29-6-3)13-14-22-23-17(24)15-10-8-9-11-16(15)18(23)25/h7-11,14H,1,5-6,12-13H2,2-3H3/b22-14+. The van der Waals surface area contributed by atoms with Gasteiger partial charge < -0.3 is 9.47 Å². The quantitative estimate of drug-likeness (QED) is 0.208. The molecule has 2 amide bonds. The Morgan fingerprint density at radius 1 is 1.07 bits per heavy atom. The van der Waals surface area contributed by atoms with E-state index in [1.165, 1.54) is 24.4 Å². The van der Waals surface area contributed by atoms with Crippen molar-refractivity contribution >= 4 is 30.0 Å². The van der Waals surface area contributed by atoms with Gasteiger partial charge in [0, 0.05) is 12.6 Å². The van der Waals surface area contributed by atoms with E-state index >= 15 is 0 Å². The van der Waals surface area contributed by atoms with Crippen LogP contribution in [0.15, 0.2) is 47.8 Å². The first-order valence-corrected chi connectivity index (χ1v) is 9.11. The average molecular weight is 398 g/mol. The number of imide groups is 1. The van der Waals surface area contributed by atoms with Crippen LogP contribution in [0.5, 0.6) is 0 Å². The fourth-order valence-electron chi connectivity index (χ4n) is 2.84. The highest BCUT2D eigenvalue weighted by Gasteiger charge is 2.47. The number of carbonyl (C=O) groups is 4. The summed E-state index contributed by atoms with van der Waals surface area (Å²) in [7, 11) is 0. The third kappa shape index (κ3) is 4.33. The number of amides is 2. The normalized spacial score (nSPS) is 13.2. The number of benzene rings is 1. The molecule has 0 radical (unpaired) electrons. The van der Waals surface area contributed by atoms with Gasteiger partial charge in [0.15, 0.2) is 5.41 Å². The van der Waals surface area contributed by atoms with Crippen LogP contribution in [0.4, 0.5) is 0 Å². The molecule has 29 heavy (non-hydrogen) atoms. The maximum atomic E-state index is 12.6. The number of hydrogen-bond donors (Lipinski definition) is 0. The number of rotatable bonds is 9. The van der Waals surface area contributed by atoms with Gasteiger partial charge in [0.2, 0.25) is 0 Å². The van der Waals surface area contributed by atoms with Crippen LogP contribution in [-0.2, 0) is 19.1 Å². The lowest BCUT2D eigenvalue weighted by atomic mass is 9.81. The second kappa shape index (κ2) is 9.61. The molecule has 1 aromatic rings. The molecule has 0 bridgehead atoms. The van der Waals surface area contributed by atoms with Gasteiger partial charge in [-0.15, -0.1) is 5.73 Å². The molecule has 0 spiro atoms. The number of hydrazone groups is 1. The second-order valence-electron chi connectivity index (χ2n) is 6.11. The number of hydrogen-bond acceptors (Lipinski definition) is 7. The fourth-order valence-corrected chi connectivity index (χ4v) is 2.84. The lowest BCUT2D eigenvalue weighted by Crippen LogP contribution is -2.42. The zero-order valence-electron chi connectivity index (χ0n) is 16.3. The molecule has 0 N–H and O–H groups in total. The van der Waals surface area contributed by atoms with Crippen LogP contribution < -0.4 is 0 Å². The molecule has 0 aromatic heterocycles. The van der Waals surface area contributed by atoms with Crippen LogP contribution in [0.1, 0.15) is 47.4 Å². The van der Waals surface area contributed by atoms with E-state index in [1.807, 2.05) is 0 Å². The summed E-state index contributed by atoms with van der Waals surface area (Å²) in [5, 5.41) is 4.63. The van der Waals surface area contributed by atoms with E-state index in [1.54, 1.807) is 26.0 Å². The summed E-state index contributed by atoms with van der Waals surface area (Å²) >= 11 is 0. The van der Waals surface area contributed by atoms with E-state index in [0.29, 0.717) is 5.01 Å². The van der Waals surface area contributed by atoms with Gasteiger partial charge in [-0.1, -0.05) is 18.7 Å². The van der Waals surface area contributed by atoms with Crippen molar-refractivity contribution in [1.82, 2.24) is 5.01 Å². The number of fused-ring (bicyclic) bond motifs is 1. The monoisotopic (exact) mass is 398 g/mol. The molecule has 0 fully saturated rings. The second-order valence-corrected chi connectivity index (χ2v) is 6.11. The van der Waals surface area contributed by atoms with Crippen LogP contribution in [0.25, 0.3) is 0 Å². The van der Waals surface area contributed by atoms with Gasteiger partial charge in [-0.05, 0) is 38.5 Å². The lowest BCUT2D eigenvalue weighted by Gasteiger charge is -2.26. The van der Waals surface area contributed by atoms with Crippen LogP contribution in [-0.4, -0.2) is 48.2 Å². The molecule has 0 unspecified atom stereocenters. The Hall–Kier alpha value is -3.51. The van der Waals surface area contributed by atoms with E-state index in [-0.39, 0.29) is 37.2 Å². The summed E-state index contributed by atoms with van der Waals surface area (Å²) in [4.78, 5) is 50.0. The first kappa shape index (κ1) is 21.8. The molecule has 152 valence electrons. The third-order valence-corrected chi connectivity index (χ3v) is 4.34. The topological polar surface area (TPSA) is 102 Å². The summed E-state index contributed by atoms with van der Waals surface area (Å²) in [6.45, 7) is 6.80. The number of ether oxygens (including phenoxy) is 2. The minimum Gasteiger partial charge on any atom is -0.465 e. The summed E-state index contributed by atoms with van der Waals surface area (Å²) in [6.07, 6.45) is 2.27. The lowest BCUT2D eigenvalue weighted by molar-refractivity contribution is -0.171. The van der Waals surface area contributed by atoms with Crippen molar-refractivity contribution in [3.8, 4) is 0 Å². The van der Waals surface area contributed by atoms with Gasteiger partial charge in [-0.3, -0.25) is 19.2 Å².